The molecule has 0 saturated heterocycles. The molecule has 0 spiro atoms. The highest BCUT2D eigenvalue weighted by Crippen LogP contribution is 2.45. The standard InChI is InChI=1S/C14H22N4OS/c1-14(2,3)15-11(19)8-20-13-17-16-12(9-4-5-9)18(13)10-6-7-10/h9-10H,4-8H2,1-3H3,(H,15,19). The molecule has 0 aromatic carbocycles. The second-order valence-corrected chi connectivity index (χ2v) is 7.75. The maximum atomic E-state index is 11.9. The molecule has 2 saturated carbocycles. The Labute approximate surface area is 123 Å². The predicted octanol–water partition coefficient (Wildman–Crippen LogP) is 2.50. The molecule has 0 unspecified atom stereocenters. The maximum absolute atomic E-state index is 11.9. The zero-order valence-corrected chi connectivity index (χ0v) is 13.2. The van der Waals surface area contributed by atoms with Gasteiger partial charge in [-0.2, -0.15) is 0 Å². The van der Waals surface area contributed by atoms with Crippen LogP contribution in [0.2, 0.25) is 0 Å². The molecule has 5 nitrogen and oxygen atoms in total. The van der Waals surface area contributed by atoms with E-state index in [1.807, 2.05) is 20.8 Å². The molecule has 2 fully saturated rings. The Morgan fingerprint density at radius 1 is 1.30 bits per heavy atom. The number of nitrogens with one attached hydrogen (secondary N) is 1. The highest BCUT2D eigenvalue weighted by atomic mass is 32.2. The molecule has 110 valence electrons. The summed E-state index contributed by atoms with van der Waals surface area (Å²) in [6.45, 7) is 5.98. The molecule has 1 N–H and O–H groups in total. The molecule has 1 amide bonds. The van der Waals surface area contributed by atoms with Crippen LogP contribution in [0.1, 0.15) is 64.2 Å². The maximum Gasteiger partial charge on any atom is 0.230 e. The van der Waals surface area contributed by atoms with Crippen LogP contribution in [0, 0.1) is 0 Å². The summed E-state index contributed by atoms with van der Waals surface area (Å²) in [5.41, 5.74) is -0.180. The number of carbonyl (C=O) groups is 1. The molecule has 3 rings (SSSR count). The van der Waals surface area contributed by atoms with Crippen LogP contribution in [0.25, 0.3) is 0 Å². The van der Waals surface area contributed by atoms with Gasteiger partial charge in [0.05, 0.1) is 5.75 Å². The van der Waals surface area contributed by atoms with Crippen LogP contribution >= 0.6 is 11.8 Å². The Balaban J connectivity index is 1.64. The van der Waals surface area contributed by atoms with Crippen molar-refractivity contribution in [3.05, 3.63) is 5.82 Å². The Morgan fingerprint density at radius 2 is 2.00 bits per heavy atom. The first-order chi connectivity index (χ1) is 9.44. The van der Waals surface area contributed by atoms with Crippen molar-refractivity contribution in [2.24, 2.45) is 0 Å². The van der Waals surface area contributed by atoms with E-state index in [0.717, 1.165) is 11.0 Å². The number of hydrogen-bond acceptors (Lipinski definition) is 4. The predicted molar refractivity (Wildman–Crippen MR) is 78.9 cm³/mol. The van der Waals surface area contributed by atoms with Crippen LogP contribution in [0.3, 0.4) is 0 Å². The lowest BCUT2D eigenvalue weighted by Gasteiger charge is -2.20. The number of carbonyl (C=O) groups excluding carboxylic acids is 1. The second-order valence-electron chi connectivity index (χ2n) is 6.80. The summed E-state index contributed by atoms with van der Waals surface area (Å²) < 4.78 is 2.28. The van der Waals surface area contributed by atoms with Crippen LogP contribution in [-0.4, -0.2) is 32.0 Å². The molecule has 0 bridgehead atoms. The molecule has 2 aliphatic rings. The summed E-state index contributed by atoms with van der Waals surface area (Å²) in [6.07, 6.45) is 4.92. The van der Waals surface area contributed by atoms with Gasteiger partial charge in [0.25, 0.3) is 0 Å². The van der Waals surface area contributed by atoms with Crippen molar-refractivity contribution in [2.45, 2.75) is 69.1 Å². The van der Waals surface area contributed by atoms with Gasteiger partial charge in [0.15, 0.2) is 5.16 Å². The third kappa shape index (κ3) is 3.34. The SMILES string of the molecule is CC(C)(C)NC(=O)CSc1nnc(C2CC2)n1C1CC1. The summed E-state index contributed by atoms with van der Waals surface area (Å²) in [5, 5.41) is 12.5. The number of nitrogens with zero attached hydrogens (tertiary/aromatic N) is 3. The van der Waals surface area contributed by atoms with Gasteiger partial charge in [0, 0.05) is 17.5 Å². The average Bonchev–Trinajstić information content (AvgIpc) is 3.23. The quantitative estimate of drug-likeness (QED) is 0.848. The highest BCUT2D eigenvalue weighted by molar-refractivity contribution is 7.99. The summed E-state index contributed by atoms with van der Waals surface area (Å²) in [5.74, 6) is 2.22. The zero-order chi connectivity index (χ0) is 14.3. The molecule has 20 heavy (non-hydrogen) atoms. The van der Waals surface area contributed by atoms with Crippen molar-refractivity contribution in [1.29, 1.82) is 0 Å². The van der Waals surface area contributed by atoms with E-state index in [2.05, 4.69) is 20.1 Å². The first-order valence-corrected chi connectivity index (χ1v) is 8.31. The minimum absolute atomic E-state index is 0.0563. The van der Waals surface area contributed by atoms with Gasteiger partial charge in [-0.05, 0) is 46.5 Å². The van der Waals surface area contributed by atoms with Crippen molar-refractivity contribution in [3.63, 3.8) is 0 Å². The highest BCUT2D eigenvalue weighted by Gasteiger charge is 2.36. The van der Waals surface area contributed by atoms with Crippen LogP contribution in [0.4, 0.5) is 0 Å². The lowest BCUT2D eigenvalue weighted by molar-refractivity contribution is -0.119. The van der Waals surface area contributed by atoms with Crippen molar-refractivity contribution in [1.82, 2.24) is 20.1 Å². The van der Waals surface area contributed by atoms with Gasteiger partial charge < -0.3 is 9.88 Å². The van der Waals surface area contributed by atoms with Gasteiger partial charge in [-0.1, -0.05) is 11.8 Å². The van der Waals surface area contributed by atoms with Crippen molar-refractivity contribution >= 4 is 17.7 Å². The molecule has 1 heterocycles. The lowest BCUT2D eigenvalue weighted by Crippen LogP contribution is -2.41. The first kappa shape index (κ1) is 13.9. The largest absolute Gasteiger partial charge is 0.351 e. The molecular weight excluding hydrogens is 272 g/mol. The fourth-order valence-electron chi connectivity index (χ4n) is 2.27. The Hall–Kier alpha value is -1.04. The monoisotopic (exact) mass is 294 g/mol. The third-order valence-electron chi connectivity index (χ3n) is 3.39. The summed E-state index contributed by atoms with van der Waals surface area (Å²) in [7, 11) is 0. The molecular formula is C14H22N4OS. The summed E-state index contributed by atoms with van der Waals surface area (Å²) >= 11 is 1.51. The van der Waals surface area contributed by atoms with Gasteiger partial charge in [0.2, 0.25) is 5.91 Å². The van der Waals surface area contributed by atoms with Crippen LogP contribution in [0.5, 0.6) is 0 Å². The Morgan fingerprint density at radius 3 is 2.55 bits per heavy atom. The van der Waals surface area contributed by atoms with Gasteiger partial charge in [-0.25, -0.2) is 0 Å². The second kappa shape index (κ2) is 5.06. The topological polar surface area (TPSA) is 59.8 Å². The van der Waals surface area contributed by atoms with Gasteiger partial charge >= 0.3 is 0 Å². The van der Waals surface area contributed by atoms with Crippen molar-refractivity contribution in [2.75, 3.05) is 5.75 Å². The lowest BCUT2D eigenvalue weighted by atomic mass is 10.1. The molecule has 0 radical (unpaired) electrons. The van der Waals surface area contributed by atoms with E-state index in [9.17, 15) is 4.79 Å². The van der Waals surface area contributed by atoms with Crippen LogP contribution in [-0.2, 0) is 4.79 Å². The fraction of sp³-hybridized carbons (Fsp3) is 0.786. The van der Waals surface area contributed by atoms with Gasteiger partial charge in [-0.3, -0.25) is 4.79 Å². The van der Waals surface area contributed by atoms with E-state index in [-0.39, 0.29) is 11.4 Å². The van der Waals surface area contributed by atoms with Crippen LogP contribution in [0.15, 0.2) is 5.16 Å². The summed E-state index contributed by atoms with van der Waals surface area (Å²) in [4.78, 5) is 11.9. The molecule has 0 aliphatic heterocycles. The first-order valence-electron chi connectivity index (χ1n) is 7.32. The normalized spacial score (nSPS) is 19.1. The van der Waals surface area contributed by atoms with E-state index in [0.29, 0.717) is 17.7 Å². The number of hydrogen-bond donors (Lipinski definition) is 1. The van der Waals surface area contributed by atoms with Gasteiger partial charge in [-0.15, -0.1) is 10.2 Å². The fourth-order valence-corrected chi connectivity index (χ4v) is 3.08. The van der Waals surface area contributed by atoms with Gasteiger partial charge in [0.1, 0.15) is 5.82 Å². The number of aromatic nitrogens is 3. The Kier molecular flexibility index (Phi) is 3.52. The molecule has 2 aliphatic carbocycles. The summed E-state index contributed by atoms with van der Waals surface area (Å²) in [6, 6.07) is 0.578. The van der Waals surface area contributed by atoms with E-state index >= 15 is 0 Å². The van der Waals surface area contributed by atoms with Crippen LogP contribution < -0.4 is 5.32 Å². The van der Waals surface area contributed by atoms with E-state index in [4.69, 9.17) is 0 Å². The molecule has 1 aromatic heterocycles. The van der Waals surface area contributed by atoms with E-state index in [1.165, 1.54) is 37.4 Å². The average molecular weight is 294 g/mol. The van der Waals surface area contributed by atoms with E-state index in [1.54, 1.807) is 0 Å². The smallest absolute Gasteiger partial charge is 0.230 e. The minimum Gasteiger partial charge on any atom is -0.351 e. The molecule has 1 aromatic rings. The minimum atomic E-state index is -0.180. The number of rotatable bonds is 5. The molecule has 6 heteroatoms. The Bertz CT molecular complexity index is 512. The van der Waals surface area contributed by atoms with Crippen molar-refractivity contribution < 1.29 is 4.79 Å². The zero-order valence-electron chi connectivity index (χ0n) is 12.3. The number of amides is 1. The molecule has 0 atom stereocenters. The van der Waals surface area contributed by atoms with E-state index < -0.39 is 0 Å². The van der Waals surface area contributed by atoms with Crippen molar-refractivity contribution in [3.8, 4) is 0 Å². The number of thioether (sulfide) groups is 1. The third-order valence-corrected chi connectivity index (χ3v) is 4.34.